The molecule has 2 aromatic heterocycles. The molecule has 0 unspecified atom stereocenters. The van der Waals surface area contributed by atoms with Gasteiger partial charge in [0.2, 0.25) is 0 Å². The smallest absolute Gasteiger partial charge is 0.0486 e. The molecule has 3 nitrogen and oxygen atoms in total. The highest BCUT2D eigenvalue weighted by molar-refractivity contribution is 9.10. The lowest BCUT2D eigenvalue weighted by Crippen LogP contribution is -2.13. The number of fused-ring (bicyclic) bond motifs is 1. The molecule has 0 atom stereocenters. The molecule has 1 aromatic carbocycles. The van der Waals surface area contributed by atoms with Crippen molar-refractivity contribution in [2.24, 2.45) is 0 Å². The van der Waals surface area contributed by atoms with E-state index in [2.05, 4.69) is 68.9 Å². The van der Waals surface area contributed by atoms with Crippen molar-refractivity contribution in [1.29, 1.82) is 0 Å². The fourth-order valence-corrected chi connectivity index (χ4v) is 3.90. The molecule has 0 spiro atoms. The first-order chi connectivity index (χ1) is 12.2. The molecule has 3 aromatic rings. The molecule has 4 heteroatoms. The summed E-state index contributed by atoms with van der Waals surface area (Å²) in [6.07, 6.45) is 7.06. The first kappa shape index (κ1) is 18.2. The highest BCUT2D eigenvalue weighted by atomic mass is 79.9. The lowest BCUT2D eigenvalue weighted by molar-refractivity contribution is 0.628. The number of pyridine rings is 1. The van der Waals surface area contributed by atoms with Crippen LogP contribution in [0.4, 0.5) is 0 Å². The first-order valence-electron chi connectivity index (χ1n) is 9.13. The third-order valence-corrected chi connectivity index (χ3v) is 5.20. The maximum atomic E-state index is 4.22. The summed E-state index contributed by atoms with van der Waals surface area (Å²) in [5.74, 6) is 0. The van der Waals surface area contributed by atoms with Crippen LogP contribution in [0.2, 0.25) is 0 Å². The number of nitrogens with zero attached hydrogens (tertiary/aromatic N) is 2. The zero-order valence-corrected chi connectivity index (χ0v) is 16.6. The fraction of sp³-hybridized carbons (Fsp3) is 0.381. The van der Waals surface area contributed by atoms with Crippen LogP contribution in [-0.4, -0.2) is 16.1 Å². The van der Waals surface area contributed by atoms with Crippen molar-refractivity contribution in [3.63, 3.8) is 0 Å². The number of benzene rings is 1. The van der Waals surface area contributed by atoms with Gasteiger partial charge in [0.15, 0.2) is 0 Å². The van der Waals surface area contributed by atoms with Crippen LogP contribution >= 0.6 is 15.9 Å². The molecule has 132 valence electrons. The molecule has 0 bridgehead atoms. The maximum Gasteiger partial charge on any atom is 0.0486 e. The quantitative estimate of drug-likeness (QED) is 0.570. The SMILES string of the molecule is CCNCc1c(CC)n(CCCc2cccnc2)c2ccc(Br)cc12. The van der Waals surface area contributed by atoms with Gasteiger partial charge in [0.05, 0.1) is 0 Å². The minimum absolute atomic E-state index is 0.933. The van der Waals surface area contributed by atoms with E-state index < -0.39 is 0 Å². The Balaban J connectivity index is 1.90. The van der Waals surface area contributed by atoms with Gasteiger partial charge in [-0.05, 0) is 61.2 Å². The van der Waals surface area contributed by atoms with Crippen LogP contribution in [0.3, 0.4) is 0 Å². The Kier molecular flexibility index (Phi) is 6.27. The summed E-state index contributed by atoms with van der Waals surface area (Å²) in [5, 5.41) is 4.88. The van der Waals surface area contributed by atoms with Crippen LogP contribution in [-0.2, 0) is 25.9 Å². The topological polar surface area (TPSA) is 29.9 Å². The Hall–Kier alpha value is -1.65. The van der Waals surface area contributed by atoms with E-state index in [0.29, 0.717) is 0 Å². The fourth-order valence-electron chi connectivity index (χ4n) is 3.54. The number of rotatable bonds is 8. The molecule has 0 fully saturated rings. The zero-order chi connectivity index (χ0) is 17.6. The van der Waals surface area contributed by atoms with Crippen LogP contribution < -0.4 is 5.32 Å². The van der Waals surface area contributed by atoms with Gasteiger partial charge in [0, 0.05) is 46.6 Å². The van der Waals surface area contributed by atoms with Crippen LogP contribution in [0.15, 0.2) is 47.2 Å². The summed E-state index contributed by atoms with van der Waals surface area (Å²) in [6, 6.07) is 10.8. The van der Waals surface area contributed by atoms with Gasteiger partial charge in [0.1, 0.15) is 0 Å². The van der Waals surface area contributed by atoms with Crippen LogP contribution in [0.25, 0.3) is 10.9 Å². The van der Waals surface area contributed by atoms with E-state index in [1.807, 2.05) is 18.5 Å². The third-order valence-electron chi connectivity index (χ3n) is 4.71. The molecule has 0 saturated heterocycles. The Labute approximate surface area is 158 Å². The zero-order valence-electron chi connectivity index (χ0n) is 15.1. The number of hydrogen-bond acceptors (Lipinski definition) is 2. The van der Waals surface area contributed by atoms with Crippen molar-refractivity contribution in [1.82, 2.24) is 14.9 Å². The second-order valence-electron chi connectivity index (χ2n) is 6.34. The number of hydrogen-bond donors (Lipinski definition) is 1. The molecular formula is C21H26BrN3. The van der Waals surface area contributed by atoms with Gasteiger partial charge in [-0.1, -0.05) is 35.8 Å². The number of aryl methyl sites for hydroxylation is 2. The van der Waals surface area contributed by atoms with Gasteiger partial charge in [-0.25, -0.2) is 0 Å². The van der Waals surface area contributed by atoms with Crippen molar-refractivity contribution in [3.8, 4) is 0 Å². The van der Waals surface area contributed by atoms with Crippen molar-refractivity contribution in [2.45, 2.75) is 46.2 Å². The van der Waals surface area contributed by atoms with Crippen molar-refractivity contribution in [2.75, 3.05) is 6.54 Å². The van der Waals surface area contributed by atoms with Gasteiger partial charge in [-0.15, -0.1) is 0 Å². The highest BCUT2D eigenvalue weighted by Crippen LogP contribution is 2.30. The average Bonchev–Trinajstić information content (AvgIpc) is 2.93. The normalized spacial score (nSPS) is 11.3. The van der Waals surface area contributed by atoms with Gasteiger partial charge < -0.3 is 9.88 Å². The largest absolute Gasteiger partial charge is 0.344 e. The van der Waals surface area contributed by atoms with E-state index in [4.69, 9.17) is 0 Å². The summed E-state index contributed by atoms with van der Waals surface area (Å²) >= 11 is 3.64. The third kappa shape index (κ3) is 4.13. The lowest BCUT2D eigenvalue weighted by Gasteiger charge is -2.11. The second-order valence-corrected chi connectivity index (χ2v) is 7.25. The predicted octanol–water partition coefficient (Wildman–Crippen LogP) is 5.10. The number of nitrogens with one attached hydrogen (secondary N) is 1. The Morgan fingerprint density at radius 2 is 2.08 bits per heavy atom. The van der Waals surface area contributed by atoms with E-state index in [0.717, 1.165) is 43.4 Å². The standard InChI is InChI=1S/C21H26BrN3/c1-3-20-19(15-23-4-2)18-13-17(22)9-10-21(18)25(20)12-6-8-16-7-5-11-24-14-16/h5,7,9-11,13-14,23H,3-4,6,8,12,15H2,1-2H3. The molecule has 2 heterocycles. The molecule has 0 aliphatic heterocycles. The predicted molar refractivity (Wildman–Crippen MR) is 109 cm³/mol. The van der Waals surface area contributed by atoms with Crippen molar-refractivity contribution >= 4 is 26.8 Å². The summed E-state index contributed by atoms with van der Waals surface area (Å²) in [4.78, 5) is 4.22. The minimum atomic E-state index is 0.933. The van der Waals surface area contributed by atoms with E-state index >= 15 is 0 Å². The lowest BCUT2D eigenvalue weighted by atomic mass is 10.1. The van der Waals surface area contributed by atoms with E-state index in [1.54, 1.807) is 0 Å². The molecular weight excluding hydrogens is 374 g/mol. The Morgan fingerprint density at radius 3 is 2.80 bits per heavy atom. The van der Waals surface area contributed by atoms with E-state index in [-0.39, 0.29) is 0 Å². The molecule has 0 aliphatic carbocycles. The van der Waals surface area contributed by atoms with Gasteiger partial charge >= 0.3 is 0 Å². The van der Waals surface area contributed by atoms with Crippen LogP contribution in [0.1, 0.15) is 37.1 Å². The van der Waals surface area contributed by atoms with Crippen LogP contribution in [0, 0.1) is 0 Å². The molecule has 0 saturated carbocycles. The van der Waals surface area contributed by atoms with Gasteiger partial charge in [-0.2, -0.15) is 0 Å². The summed E-state index contributed by atoms with van der Waals surface area (Å²) in [6.45, 7) is 7.39. The Bertz CT molecular complexity index is 824. The summed E-state index contributed by atoms with van der Waals surface area (Å²) in [7, 11) is 0. The molecule has 0 radical (unpaired) electrons. The second kappa shape index (κ2) is 8.63. The Morgan fingerprint density at radius 1 is 1.20 bits per heavy atom. The molecule has 25 heavy (non-hydrogen) atoms. The maximum absolute atomic E-state index is 4.22. The van der Waals surface area contributed by atoms with E-state index in [1.165, 1.54) is 27.7 Å². The molecule has 1 N–H and O–H groups in total. The highest BCUT2D eigenvalue weighted by Gasteiger charge is 2.15. The molecule has 0 amide bonds. The van der Waals surface area contributed by atoms with E-state index in [9.17, 15) is 0 Å². The summed E-state index contributed by atoms with van der Waals surface area (Å²) < 4.78 is 3.66. The number of aromatic nitrogens is 2. The molecule has 0 aliphatic rings. The van der Waals surface area contributed by atoms with Crippen LogP contribution in [0.5, 0.6) is 0 Å². The van der Waals surface area contributed by atoms with Gasteiger partial charge in [0.25, 0.3) is 0 Å². The minimum Gasteiger partial charge on any atom is -0.344 e. The molecule has 3 rings (SSSR count). The van der Waals surface area contributed by atoms with Gasteiger partial charge in [-0.3, -0.25) is 4.98 Å². The monoisotopic (exact) mass is 399 g/mol. The first-order valence-corrected chi connectivity index (χ1v) is 9.93. The number of halogens is 1. The average molecular weight is 400 g/mol. The van der Waals surface area contributed by atoms with Crippen molar-refractivity contribution < 1.29 is 0 Å². The summed E-state index contributed by atoms with van der Waals surface area (Å²) in [5.41, 5.74) is 5.56. The van der Waals surface area contributed by atoms with Crippen molar-refractivity contribution in [3.05, 3.63) is 64.0 Å².